The van der Waals surface area contributed by atoms with Crippen molar-refractivity contribution in [3.05, 3.63) is 47.5 Å². The van der Waals surface area contributed by atoms with Crippen LogP contribution in [-0.2, 0) is 13.6 Å². The van der Waals surface area contributed by atoms with Gasteiger partial charge in [-0.15, -0.1) is 10.2 Å². The van der Waals surface area contributed by atoms with Crippen LogP contribution in [0.15, 0.2) is 30.6 Å². The molecule has 1 heterocycles. The molecule has 1 unspecified atom stereocenters. The van der Waals surface area contributed by atoms with E-state index in [1.165, 1.54) is 11.1 Å². The van der Waals surface area contributed by atoms with Crippen LogP contribution < -0.4 is 5.32 Å². The molecule has 1 atom stereocenters. The van der Waals surface area contributed by atoms with E-state index < -0.39 is 0 Å². The molecule has 4 nitrogen and oxygen atoms in total. The van der Waals surface area contributed by atoms with Crippen molar-refractivity contribution in [1.82, 2.24) is 20.1 Å². The molecule has 102 valence electrons. The minimum Gasteiger partial charge on any atom is -0.320 e. The third-order valence-corrected chi connectivity index (χ3v) is 3.47. The lowest BCUT2D eigenvalue weighted by Crippen LogP contribution is -2.20. The van der Waals surface area contributed by atoms with Gasteiger partial charge in [0, 0.05) is 13.1 Å². The monoisotopic (exact) mass is 258 g/mol. The first kappa shape index (κ1) is 13.7. The predicted molar refractivity (Wildman–Crippen MR) is 76.8 cm³/mol. The summed E-state index contributed by atoms with van der Waals surface area (Å²) in [4.78, 5) is 0. The van der Waals surface area contributed by atoms with E-state index in [0.29, 0.717) is 12.0 Å². The fraction of sp³-hybridized carbons (Fsp3) is 0.467. The highest BCUT2D eigenvalue weighted by molar-refractivity contribution is 5.26. The van der Waals surface area contributed by atoms with E-state index in [1.807, 2.05) is 11.6 Å². The second kappa shape index (κ2) is 5.97. The number of hydrogen-bond donors (Lipinski definition) is 1. The molecule has 0 spiro atoms. The summed E-state index contributed by atoms with van der Waals surface area (Å²) in [7, 11) is 1.96. The Morgan fingerprint density at radius 1 is 1.11 bits per heavy atom. The molecule has 0 saturated carbocycles. The smallest absolute Gasteiger partial charge is 0.146 e. The van der Waals surface area contributed by atoms with Gasteiger partial charge in [0.05, 0.1) is 6.54 Å². The Kier molecular flexibility index (Phi) is 4.32. The van der Waals surface area contributed by atoms with Crippen LogP contribution in [0.2, 0.25) is 0 Å². The maximum atomic E-state index is 4.07. The molecule has 0 aliphatic carbocycles. The minimum atomic E-state index is 0.304. The highest BCUT2D eigenvalue weighted by atomic mass is 15.3. The number of benzene rings is 1. The van der Waals surface area contributed by atoms with Crippen molar-refractivity contribution < 1.29 is 0 Å². The van der Waals surface area contributed by atoms with Gasteiger partial charge in [-0.1, -0.05) is 38.1 Å². The number of hydrogen-bond acceptors (Lipinski definition) is 3. The molecule has 2 aromatic rings. The first-order chi connectivity index (χ1) is 9.08. The van der Waals surface area contributed by atoms with Crippen molar-refractivity contribution in [1.29, 1.82) is 0 Å². The number of nitrogens with zero attached hydrogens (tertiary/aromatic N) is 3. The lowest BCUT2D eigenvalue weighted by molar-refractivity contribution is 0.548. The summed E-state index contributed by atoms with van der Waals surface area (Å²) in [5.74, 6) is 1.53. The van der Waals surface area contributed by atoms with Gasteiger partial charge in [0.2, 0.25) is 0 Å². The van der Waals surface area contributed by atoms with Gasteiger partial charge in [-0.2, -0.15) is 0 Å². The van der Waals surface area contributed by atoms with E-state index in [2.05, 4.69) is 60.6 Å². The Morgan fingerprint density at radius 3 is 2.26 bits per heavy atom. The Balaban J connectivity index is 1.96. The largest absolute Gasteiger partial charge is 0.320 e. The van der Waals surface area contributed by atoms with E-state index in [-0.39, 0.29) is 0 Å². The molecule has 0 aliphatic heterocycles. The van der Waals surface area contributed by atoms with Crippen LogP contribution in [0.25, 0.3) is 0 Å². The summed E-state index contributed by atoms with van der Waals surface area (Å²) in [6.45, 7) is 7.32. The lowest BCUT2D eigenvalue weighted by Gasteiger charge is -2.15. The highest BCUT2D eigenvalue weighted by Crippen LogP contribution is 2.18. The molecule has 4 heteroatoms. The first-order valence-corrected chi connectivity index (χ1v) is 6.74. The van der Waals surface area contributed by atoms with Gasteiger partial charge in [0.25, 0.3) is 0 Å². The summed E-state index contributed by atoms with van der Waals surface area (Å²) in [6, 6.07) is 9.12. The standard InChI is InChI=1S/C15H22N4/c1-11(2)13-5-7-14(8-6-13)12(3)16-9-15-18-17-10-19(15)4/h5-8,10-12,16H,9H2,1-4H3. The maximum absolute atomic E-state index is 4.07. The first-order valence-electron chi connectivity index (χ1n) is 6.74. The van der Waals surface area contributed by atoms with Gasteiger partial charge in [-0.3, -0.25) is 0 Å². The zero-order valence-corrected chi connectivity index (χ0v) is 12.1. The molecular formula is C15H22N4. The van der Waals surface area contributed by atoms with Gasteiger partial charge in [-0.05, 0) is 24.0 Å². The van der Waals surface area contributed by atoms with Gasteiger partial charge in [0.1, 0.15) is 12.2 Å². The highest BCUT2D eigenvalue weighted by Gasteiger charge is 2.07. The van der Waals surface area contributed by atoms with E-state index in [0.717, 1.165) is 12.4 Å². The fourth-order valence-electron chi connectivity index (χ4n) is 2.00. The molecule has 1 aromatic heterocycles. The molecule has 0 aliphatic rings. The average molecular weight is 258 g/mol. The number of aromatic nitrogens is 3. The topological polar surface area (TPSA) is 42.7 Å². The van der Waals surface area contributed by atoms with Crippen LogP contribution in [0.5, 0.6) is 0 Å². The molecule has 1 aromatic carbocycles. The van der Waals surface area contributed by atoms with Crippen molar-refractivity contribution in [3.8, 4) is 0 Å². The van der Waals surface area contributed by atoms with E-state index in [1.54, 1.807) is 6.33 Å². The van der Waals surface area contributed by atoms with Crippen molar-refractivity contribution in [2.45, 2.75) is 39.3 Å². The molecular weight excluding hydrogens is 236 g/mol. The Labute approximate surface area is 114 Å². The molecule has 0 fully saturated rings. The van der Waals surface area contributed by atoms with E-state index in [9.17, 15) is 0 Å². The molecule has 0 bridgehead atoms. The predicted octanol–water partition coefficient (Wildman–Crippen LogP) is 2.79. The van der Waals surface area contributed by atoms with Crippen molar-refractivity contribution >= 4 is 0 Å². The van der Waals surface area contributed by atoms with Crippen molar-refractivity contribution in [3.63, 3.8) is 0 Å². The van der Waals surface area contributed by atoms with Crippen molar-refractivity contribution in [2.24, 2.45) is 7.05 Å². The Morgan fingerprint density at radius 2 is 1.74 bits per heavy atom. The maximum Gasteiger partial charge on any atom is 0.146 e. The van der Waals surface area contributed by atoms with Gasteiger partial charge in [0.15, 0.2) is 0 Å². The molecule has 1 N–H and O–H groups in total. The van der Waals surface area contributed by atoms with Crippen LogP contribution in [0.1, 0.15) is 49.7 Å². The summed E-state index contributed by atoms with van der Waals surface area (Å²) < 4.78 is 1.93. The normalized spacial score (nSPS) is 12.9. The average Bonchev–Trinajstić information content (AvgIpc) is 2.81. The third-order valence-electron chi connectivity index (χ3n) is 3.47. The van der Waals surface area contributed by atoms with Crippen LogP contribution >= 0.6 is 0 Å². The van der Waals surface area contributed by atoms with E-state index in [4.69, 9.17) is 0 Å². The summed E-state index contributed by atoms with van der Waals surface area (Å²) >= 11 is 0. The quantitative estimate of drug-likeness (QED) is 0.896. The second-order valence-corrected chi connectivity index (χ2v) is 5.28. The van der Waals surface area contributed by atoms with Crippen LogP contribution in [0.4, 0.5) is 0 Å². The summed E-state index contributed by atoms with van der Waals surface area (Å²) in [5.41, 5.74) is 2.68. The minimum absolute atomic E-state index is 0.304. The Hall–Kier alpha value is -1.68. The summed E-state index contributed by atoms with van der Waals surface area (Å²) in [6.07, 6.45) is 1.72. The molecule has 19 heavy (non-hydrogen) atoms. The number of nitrogens with one attached hydrogen (secondary N) is 1. The molecule has 0 amide bonds. The molecule has 0 saturated heterocycles. The SMILES string of the molecule is CC(C)c1ccc(C(C)NCc2nncn2C)cc1. The van der Waals surface area contributed by atoms with Gasteiger partial charge < -0.3 is 9.88 Å². The number of aryl methyl sites for hydroxylation is 1. The lowest BCUT2D eigenvalue weighted by atomic mass is 10.00. The second-order valence-electron chi connectivity index (χ2n) is 5.28. The Bertz CT molecular complexity index is 513. The third kappa shape index (κ3) is 3.41. The van der Waals surface area contributed by atoms with E-state index >= 15 is 0 Å². The molecule has 2 rings (SSSR count). The van der Waals surface area contributed by atoms with Crippen LogP contribution in [0.3, 0.4) is 0 Å². The van der Waals surface area contributed by atoms with Crippen LogP contribution in [0, 0.1) is 0 Å². The zero-order chi connectivity index (χ0) is 13.8. The van der Waals surface area contributed by atoms with Gasteiger partial charge >= 0.3 is 0 Å². The number of rotatable bonds is 5. The fourth-order valence-corrected chi connectivity index (χ4v) is 2.00. The van der Waals surface area contributed by atoms with Crippen molar-refractivity contribution in [2.75, 3.05) is 0 Å². The molecule has 0 radical (unpaired) electrons. The van der Waals surface area contributed by atoms with Crippen LogP contribution in [-0.4, -0.2) is 14.8 Å². The zero-order valence-electron chi connectivity index (χ0n) is 12.1. The summed E-state index contributed by atoms with van der Waals surface area (Å²) in [5, 5.41) is 11.4. The van der Waals surface area contributed by atoms with Gasteiger partial charge in [-0.25, -0.2) is 0 Å².